The fraction of sp³-hybridized carbons (Fsp3) is 0.370. The Bertz CT molecular complexity index is 1730. The standard InChI is InChI=1S/C27H25F3N6O5S/c1-31-12-15-2-7-21(32-13-15)36-23(25(38)35-42(39,40)18-4-5-18)22-20(34-36)11-26(33-24(22)37)9-8-16-10-17(3-6-19(16)26)41-14-27(28,29)30/h2-3,6-7,10,12-13,18H,4-5,8-9,11,14H2,1H3,(H,33,37)(H,35,38)/t26-/m0/s1. The lowest BCUT2D eigenvalue weighted by Crippen LogP contribution is -2.50. The van der Waals surface area contributed by atoms with E-state index in [4.69, 9.17) is 4.74 Å². The molecule has 1 saturated carbocycles. The minimum atomic E-state index is -4.48. The van der Waals surface area contributed by atoms with E-state index in [1.807, 2.05) is 0 Å². The van der Waals surface area contributed by atoms with E-state index in [0.717, 1.165) is 10.2 Å². The third-order valence-electron chi connectivity index (χ3n) is 7.50. The summed E-state index contributed by atoms with van der Waals surface area (Å²) >= 11 is 0. The van der Waals surface area contributed by atoms with Crippen LogP contribution < -0.4 is 14.8 Å². The summed E-state index contributed by atoms with van der Waals surface area (Å²) in [5.41, 5.74) is 1.12. The van der Waals surface area contributed by atoms with E-state index < -0.39 is 45.4 Å². The zero-order valence-corrected chi connectivity index (χ0v) is 23.1. The molecule has 1 aromatic carbocycles. The van der Waals surface area contributed by atoms with Crippen molar-refractivity contribution in [1.82, 2.24) is 24.8 Å². The van der Waals surface area contributed by atoms with Gasteiger partial charge in [-0.2, -0.15) is 18.3 Å². The van der Waals surface area contributed by atoms with Crippen LogP contribution in [0.25, 0.3) is 5.82 Å². The minimum Gasteiger partial charge on any atom is -0.484 e. The first-order valence-corrected chi connectivity index (χ1v) is 14.7. The summed E-state index contributed by atoms with van der Waals surface area (Å²) in [6.07, 6.45) is 0.531. The fourth-order valence-electron chi connectivity index (χ4n) is 5.49. The number of ether oxygens (including phenoxy) is 1. The zero-order valence-electron chi connectivity index (χ0n) is 22.2. The van der Waals surface area contributed by atoms with E-state index in [1.165, 1.54) is 18.3 Å². The van der Waals surface area contributed by atoms with Crippen molar-refractivity contribution < 1.29 is 35.9 Å². The first kappa shape index (κ1) is 27.9. The Labute approximate surface area is 238 Å². The third-order valence-corrected chi connectivity index (χ3v) is 9.32. The Morgan fingerprint density at radius 1 is 1.29 bits per heavy atom. The van der Waals surface area contributed by atoms with Crippen LogP contribution in [-0.2, 0) is 28.4 Å². The largest absolute Gasteiger partial charge is 0.484 e. The third kappa shape index (κ3) is 5.12. The predicted octanol–water partition coefficient (Wildman–Crippen LogP) is 2.61. The molecular formula is C27H25F3N6O5S. The van der Waals surface area contributed by atoms with Crippen LogP contribution in [0.15, 0.2) is 41.5 Å². The van der Waals surface area contributed by atoms with Crippen molar-refractivity contribution in [3.63, 3.8) is 0 Å². The molecule has 0 saturated heterocycles. The number of pyridine rings is 1. The first-order chi connectivity index (χ1) is 19.9. The van der Waals surface area contributed by atoms with Gasteiger partial charge in [-0.3, -0.25) is 14.6 Å². The van der Waals surface area contributed by atoms with Gasteiger partial charge in [0, 0.05) is 31.4 Å². The summed E-state index contributed by atoms with van der Waals surface area (Å²) < 4.78 is 71.3. The Morgan fingerprint density at radius 2 is 2.07 bits per heavy atom. The molecule has 3 heterocycles. The number of alkyl halides is 3. The normalized spacial score (nSPS) is 20.0. The van der Waals surface area contributed by atoms with Crippen LogP contribution in [-0.4, -0.2) is 66.3 Å². The van der Waals surface area contributed by atoms with Gasteiger partial charge in [0.15, 0.2) is 12.4 Å². The van der Waals surface area contributed by atoms with Crippen LogP contribution in [0.2, 0.25) is 0 Å². The van der Waals surface area contributed by atoms with Crippen molar-refractivity contribution in [1.29, 1.82) is 0 Å². The number of aromatic nitrogens is 3. The molecule has 2 amide bonds. The SMILES string of the molecule is CN=Cc1ccc(-n2nc3c(c2C(=O)NS(=O)(=O)C2CC2)C(=O)N[C@@]2(CCc4cc(OCC(F)(F)F)ccc42)C3)nc1. The highest BCUT2D eigenvalue weighted by molar-refractivity contribution is 7.91. The number of aryl methyl sites for hydroxylation is 1. The molecule has 1 spiro atoms. The minimum absolute atomic E-state index is 0.0636. The molecule has 3 aliphatic rings. The van der Waals surface area contributed by atoms with Crippen LogP contribution >= 0.6 is 0 Å². The number of hydrogen-bond donors (Lipinski definition) is 2. The van der Waals surface area contributed by atoms with Gasteiger partial charge in [0.05, 0.1) is 22.0 Å². The van der Waals surface area contributed by atoms with Crippen LogP contribution in [0.3, 0.4) is 0 Å². The Hall–Kier alpha value is -4.27. The predicted molar refractivity (Wildman–Crippen MR) is 143 cm³/mol. The van der Waals surface area contributed by atoms with E-state index in [2.05, 4.69) is 25.1 Å². The maximum absolute atomic E-state index is 13.7. The number of fused-ring (bicyclic) bond motifs is 3. The van der Waals surface area contributed by atoms with E-state index in [-0.39, 0.29) is 34.9 Å². The lowest BCUT2D eigenvalue weighted by Gasteiger charge is -2.35. The van der Waals surface area contributed by atoms with E-state index in [0.29, 0.717) is 36.8 Å². The van der Waals surface area contributed by atoms with Gasteiger partial charge in [-0.05, 0) is 61.1 Å². The van der Waals surface area contributed by atoms with E-state index in [1.54, 1.807) is 31.5 Å². The molecule has 220 valence electrons. The number of nitrogens with zero attached hydrogens (tertiary/aromatic N) is 4. The monoisotopic (exact) mass is 602 g/mol. The van der Waals surface area contributed by atoms with Crippen molar-refractivity contribution in [2.75, 3.05) is 13.7 Å². The molecule has 15 heteroatoms. The number of rotatable bonds is 7. The molecule has 3 aromatic rings. The zero-order chi connectivity index (χ0) is 29.9. The molecule has 11 nitrogen and oxygen atoms in total. The average molecular weight is 603 g/mol. The number of carbonyl (C=O) groups is 2. The quantitative estimate of drug-likeness (QED) is 0.396. The highest BCUT2D eigenvalue weighted by Gasteiger charge is 2.48. The molecule has 6 rings (SSSR count). The summed E-state index contributed by atoms with van der Waals surface area (Å²) in [6, 6.07) is 7.84. The molecule has 1 fully saturated rings. The average Bonchev–Trinajstić information content (AvgIpc) is 3.65. The first-order valence-electron chi connectivity index (χ1n) is 13.1. The molecule has 2 aromatic heterocycles. The molecule has 0 unspecified atom stereocenters. The maximum atomic E-state index is 13.7. The van der Waals surface area contributed by atoms with Gasteiger partial charge in [0.1, 0.15) is 11.4 Å². The molecular weight excluding hydrogens is 577 g/mol. The highest BCUT2D eigenvalue weighted by atomic mass is 32.2. The Balaban J connectivity index is 1.39. The summed E-state index contributed by atoms with van der Waals surface area (Å²) in [4.78, 5) is 35.4. The number of sulfonamides is 1. The van der Waals surface area contributed by atoms with Gasteiger partial charge in [-0.15, -0.1) is 0 Å². The molecule has 2 aliphatic carbocycles. The molecule has 42 heavy (non-hydrogen) atoms. The second-order valence-corrected chi connectivity index (χ2v) is 12.5. The fourth-order valence-corrected chi connectivity index (χ4v) is 6.77. The number of carbonyl (C=O) groups excluding carboxylic acids is 2. The van der Waals surface area contributed by atoms with E-state index in [9.17, 15) is 31.2 Å². The number of halogens is 3. The highest BCUT2D eigenvalue weighted by Crippen LogP contribution is 2.44. The lowest BCUT2D eigenvalue weighted by atomic mass is 9.82. The number of aliphatic imine (C=N–C) groups is 1. The smallest absolute Gasteiger partial charge is 0.422 e. The summed E-state index contributed by atoms with van der Waals surface area (Å²) in [6.45, 7) is -1.42. The van der Waals surface area contributed by atoms with E-state index >= 15 is 0 Å². The van der Waals surface area contributed by atoms with Gasteiger partial charge in [0.25, 0.3) is 11.8 Å². The van der Waals surface area contributed by atoms with Crippen molar-refractivity contribution in [2.45, 2.75) is 49.1 Å². The van der Waals surface area contributed by atoms with Crippen LogP contribution in [0.4, 0.5) is 13.2 Å². The van der Waals surface area contributed by atoms with Crippen LogP contribution in [0.1, 0.15) is 62.5 Å². The summed E-state index contributed by atoms with van der Waals surface area (Å²) in [7, 11) is -2.34. The number of amides is 2. The van der Waals surface area contributed by atoms with Crippen molar-refractivity contribution in [3.05, 3.63) is 70.2 Å². The molecule has 1 aliphatic heterocycles. The molecule has 0 bridgehead atoms. The van der Waals surface area contributed by atoms with Crippen molar-refractivity contribution >= 4 is 28.1 Å². The lowest BCUT2D eigenvalue weighted by molar-refractivity contribution is -0.153. The number of benzene rings is 1. The summed E-state index contributed by atoms with van der Waals surface area (Å²) in [5.74, 6) is -1.38. The Kier molecular flexibility index (Phi) is 6.59. The molecule has 2 N–H and O–H groups in total. The van der Waals surface area contributed by atoms with Gasteiger partial charge in [-0.25, -0.2) is 22.8 Å². The molecule has 0 radical (unpaired) electrons. The topological polar surface area (TPSA) is 145 Å². The van der Waals surface area contributed by atoms with Gasteiger partial charge >= 0.3 is 6.18 Å². The van der Waals surface area contributed by atoms with Crippen LogP contribution in [0.5, 0.6) is 5.75 Å². The van der Waals surface area contributed by atoms with Gasteiger partial charge in [-0.1, -0.05) is 6.07 Å². The second-order valence-electron chi connectivity index (χ2n) is 10.5. The number of hydrogen-bond acceptors (Lipinski definition) is 8. The Morgan fingerprint density at radius 3 is 2.74 bits per heavy atom. The molecule has 1 atom stereocenters. The second kappa shape index (κ2) is 9.93. The van der Waals surface area contributed by atoms with Gasteiger partial charge in [0.2, 0.25) is 10.0 Å². The summed E-state index contributed by atoms with van der Waals surface area (Å²) in [5, 5.41) is 6.89. The maximum Gasteiger partial charge on any atom is 0.422 e. The number of nitrogens with one attached hydrogen (secondary N) is 2. The van der Waals surface area contributed by atoms with Crippen molar-refractivity contribution in [2.24, 2.45) is 4.99 Å². The van der Waals surface area contributed by atoms with Crippen molar-refractivity contribution in [3.8, 4) is 11.6 Å². The van der Waals surface area contributed by atoms with Gasteiger partial charge < -0.3 is 10.1 Å². The van der Waals surface area contributed by atoms with Crippen LogP contribution in [0, 0.1) is 0 Å².